The fourth-order valence-electron chi connectivity index (χ4n) is 8.65. The maximum Gasteiger partial charge on any atom is 0.165 e. The number of hydrogen-bond donors (Lipinski definition) is 0. The largest absolute Gasteiger partial charge is 0.280 e. The van der Waals surface area contributed by atoms with Gasteiger partial charge in [-0.2, -0.15) is 0 Å². The molecule has 0 aliphatic heterocycles. The molecule has 0 radical (unpaired) electrons. The summed E-state index contributed by atoms with van der Waals surface area (Å²) < 4.78 is 4.43. The van der Waals surface area contributed by atoms with E-state index in [0.29, 0.717) is 0 Å². The highest BCUT2D eigenvalue weighted by molar-refractivity contribution is 5.98. The number of benzene rings is 6. The van der Waals surface area contributed by atoms with Crippen LogP contribution in [0.4, 0.5) is 0 Å². The molecule has 4 aromatic heterocycles. The topological polar surface area (TPSA) is 61.4 Å². The number of hydrogen-bond acceptors (Lipinski definition) is 4. The Morgan fingerprint density at radius 3 is 0.871 bits per heavy atom. The van der Waals surface area contributed by atoms with E-state index in [2.05, 4.69) is 221 Å². The van der Waals surface area contributed by atoms with E-state index in [1.807, 2.05) is 12.1 Å². The van der Waals surface area contributed by atoms with E-state index in [0.717, 1.165) is 101 Å². The first-order valence-electron chi connectivity index (χ1n) is 21.3. The molecule has 6 nitrogen and oxygen atoms in total. The number of fused-ring (bicyclic) bond motifs is 2. The summed E-state index contributed by atoms with van der Waals surface area (Å²) in [4.78, 5) is 21.1. The Kier molecular flexibility index (Phi) is 9.52. The number of nitrogens with zero attached hydrogens (tertiary/aromatic N) is 6. The van der Waals surface area contributed by atoms with Crippen LogP contribution in [-0.2, 0) is 10.8 Å². The van der Waals surface area contributed by atoms with E-state index in [4.69, 9.17) is 19.9 Å². The van der Waals surface area contributed by atoms with Crippen LogP contribution in [0.2, 0.25) is 0 Å². The molecular formula is C56H48N6. The van der Waals surface area contributed by atoms with Crippen molar-refractivity contribution in [3.63, 3.8) is 0 Å². The van der Waals surface area contributed by atoms with E-state index >= 15 is 0 Å². The summed E-state index contributed by atoms with van der Waals surface area (Å²) >= 11 is 0. The van der Waals surface area contributed by atoms with Gasteiger partial charge in [-0.05, 0) is 81.9 Å². The molecule has 0 spiro atoms. The van der Waals surface area contributed by atoms with Crippen LogP contribution in [-0.4, -0.2) is 29.1 Å². The summed E-state index contributed by atoms with van der Waals surface area (Å²) in [5.74, 6) is 1.95. The molecule has 4 heterocycles. The molecule has 0 aliphatic carbocycles. The minimum Gasteiger partial charge on any atom is -0.280 e. The smallest absolute Gasteiger partial charge is 0.165 e. The minimum atomic E-state index is -0.192. The second-order valence-corrected chi connectivity index (χ2v) is 18.0. The Labute approximate surface area is 363 Å². The van der Waals surface area contributed by atoms with Crippen LogP contribution in [0.1, 0.15) is 53.2 Å². The van der Waals surface area contributed by atoms with Gasteiger partial charge in [-0.3, -0.25) is 9.13 Å². The number of pyridine rings is 2. The molecule has 0 fully saturated rings. The molecule has 0 bridgehead atoms. The lowest BCUT2D eigenvalue weighted by molar-refractivity contribution is 0.538. The third-order valence-electron chi connectivity index (χ3n) is 11.5. The lowest BCUT2D eigenvalue weighted by Gasteiger charge is -2.20. The van der Waals surface area contributed by atoms with Crippen molar-refractivity contribution >= 4 is 22.3 Å². The van der Waals surface area contributed by atoms with Gasteiger partial charge in [-0.15, -0.1) is 0 Å². The van der Waals surface area contributed by atoms with Crippen LogP contribution in [0.5, 0.6) is 0 Å². The van der Waals surface area contributed by atoms with Gasteiger partial charge in [0.1, 0.15) is 22.7 Å². The molecule has 62 heavy (non-hydrogen) atoms. The van der Waals surface area contributed by atoms with Gasteiger partial charge in [0.2, 0.25) is 0 Å². The first-order valence-corrected chi connectivity index (χ1v) is 21.3. The Hall–Kier alpha value is -7.44. The standard InChI is InChI=1S/C56H48N6/c1-55(2,3)53-59-49-35-33-47(57-51(49)61(53)37-21-9-7-10-22-37)45-31-19-17-29-43(45)41-27-15-13-25-39(41)40-26-14-16-28-42(40)44-30-18-20-32-46(44)48-34-36-50-52(58-48)62(38-23-11-8-12-24-38)54(60-50)56(4,5)6/h7-36H,1-6H3. The fourth-order valence-corrected chi connectivity index (χ4v) is 8.65. The zero-order chi connectivity index (χ0) is 42.6. The first kappa shape index (κ1) is 38.7. The van der Waals surface area contributed by atoms with Crippen LogP contribution in [0.25, 0.3) is 89.6 Å². The number of rotatable bonds is 7. The second kappa shape index (κ2) is 15.2. The summed E-state index contributed by atoms with van der Waals surface area (Å²) in [6.07, 6.45) is 0. The molecule has 0 atom stereocenters. The van der Waals surface area contributed by atoms with Crippen molar-refractivity contribution in [3.05, 3.63) is 194 Å². The normalized spacial score (nSPS) is 12.0. The maximum absolute atomic E-state index is 5.40. The van der Waals surface area contributed by atoms with Crippen molar-refractivity contribution in [1.29, 1.82) is 0 Å². The van der Waals surface area contributed by atoms with Crippen LogP contribution < -0.4 is 0 Å². The van der Waals surface area contributed by atoms with E-state index in [1.54, 1.807) is 0 Å². The summed E-state index contributed by atoms with van der Waals surface area (Å²) in [6.45, 7) is 13.2. The fraction of sp³-hybridized carbons (Fsp3) is 0.143. The second-order valence-electron chi connectivity index (χ2n) is 18.0. The SMILES string of the molecule is CC(C)(C)c1nc2ccc(-c3ccccc3-c3ccccc3-c3ccccc3-c3ccccc3-c3ccc4nc(C(C)(C)C)n(-c5ccccc5)c4n3)nc2n1-c1ccccc1. The summed E-state index contributed by atoms with van der Waals surface area (Å²) in [6, 6.07) is 64.0. The van der Waals surface area contributed by atoms with Crippen molar-refractivity contribution in [1.82, 2.24) is 29.1 Å². The monoisotopic (exact) mass is 804 g/mol. The third kappa shape index (κ3) is 6.88. The number of imidazole rings is 2. The van der Waals surface area contributed by atoms with E-state index in [9.17, 15) is 0 Å². The van der Waals surface area contributed by atoms with Crippen molar-refractivity contribution in [2.45, 2.75) is 52.4 Å². The Balaban J connectivity index is 1.11. The van der Waals surface area contributed by atoms with Crippen molar-refractivity contribution < 1.29 is 0 Å². The molecule has 0 saturated heterocycles. The molecular weight excluding hydrogens is 757 g/mol. The Morgan fingerprint density at radius 2 is 0.565 bits per heavy atom. The van der Waals surface area contributed by atoms with Crippen molar-refractivity contribution in [2.75, 3.05) is 0 Å². The molecule has 0 unspecified atom stereocenters. The summed E-state index contributed by atoms with van der Waals surface area (Å²) in [5.41, 5.74) is 15.8. The van der Waals surface area contributed by atoms with Gasteiger partial charge in [0.15, 0.2) is 11.3 Å². The molecule has 302 valence electrons. The van der Waals surface area contributed by atoms with E-state index in [-0.39, 0.29) is 10.8 Å². The summed E-state index contributed by atoms with van der Waals surface area (Å²) in [7, 11) is 0. The van der Waals surface area contributed by atoms with Crippen LogP contribution in [0.3, 0.4) is 0 Å². The van der Waals surface area contributed by atoms with Crippen LogP contribution in [0, 0.1) is 0 Å². The third-order valence-corrected chi connectivity index (χ3v) is 11.5. The van der Waals surface area contributed by atoms with Gasteiger partial charge in [0.25, 0.3) is 0 Å². The highest BCUT2D eigenvalue weighted by atomic mass is 15.2. The van der Waals surface area contributed by atoms with Crippen LogP contribution in [0.15, 0.2) is 182 Å². The quantitative estimate of drug-likeness (QED) is 0.161. The molecule has 6 aromatic carbocycles. The Bertz CT molecular complexity index is 3030. The Morgan fingerprint density at radius 1 is 0.290 bits per heavy atom. The zero-order valence-corrected chi connectivity index (χ0v) is 36.0. The molecule has 0 amide bonds. The van der Waals surface area contributed by atoms with Gasteiger partial charge in [0, 0.05) is 33.3 Å². The van der Waals surface area contributed by atoms with Gasteiger partial charge < -0.3 is 0 Å². The molecule has 10 aromatic rings. The molecule has 6 heteroatoms. The van der Waals surface area contributed by atoms with Crippen molar-refractivity contribution in [3.8, 4) is 67.3 Å². The van der Waals surface area contributed by atoms with Gasteiger partial charge in [-0.25, -0.2) is 19.9 Å². The lowest BCUT2D eigenvalue weighted by atomic mass is 9.86. The zero-order valence-electron chi connectivity index (χ0n) is 36.0. The highest BCUT2D eigenvalue weighted by Gasteiger charge is 2.27. The summed E-state index contributed by atoms with van der Waals surface area (Å²) in [5, 5.41) is 0. The van der Waals surface area contributed by atoms with Gasteiger partial charge >= 0.3 is 0 Å². The highest BCUT2D eigenvalue weighted by Crippen LogP contribution is 2.44. The predicted octanol–water partition coefficient (Wildman–Crippen LogP) is 14.1. The molecule has 0 N–H and O–H groups in total. The maximum atomic E-state index is 5.40. The average Bonchev–Trinajstić information content (AvgIpc) is 3.89. The number of aromatic nitrogens is 6. The molecule has 10 rings (SSSR count). The van der Waals surface area contributed by atoms with Crippen LogP contribution >= 0.6 is 0 Å². The molecule has 0 saturated carbocycles. The van der Waals surface area contributed by atoms with Gasteiger partial charge in [0.05, 0.1) is 11.4 Å². The minimum absolute atomic E-state index is 0.192. The van der Waals surface area contributed by atoms with E-state index < -0.39 is 0 Å². The average molecular weight is 805 g/mol. The van der Waals surface area contributed by atoms with E-state index in [1.165, 1.54) is 0 Å². The van der Waals surface area contributed by atoms with Gasteiger partial charge in [-0.1, -0.05) is 175 Å². The lowest BCUT2D eigenvalue weighted by Crippen LogP contribution is -2.18. The number of para-hydroxylation sites is 2. The first-order chi connectivity index (χ1) is 30.0. The van der Waals surface area contributed by atoms with Crippen molar-refractivity contribution in [2.24, 2.45) is 0 Å². The molecule has 0 aliphatic rings. The predicted molar refractivity (Wildman–Crippen MR) is 256 cm³/mol.